The van der Waals surface area contributed by atoms with Gasteiger partial charge >= 0.3 is 0 Å². The normalized spacial score (nSPS) is 15.2. The molecule has 26 heavy (non-hydrogen) atoms. The lowest BCUT2D eigenvalue weighted by Crippen LogP contribution is -2.25. The molecule has 1 aliphatic rings. The van der Waals surface area contributed by atoms with Crippen molar-refractivity contribution in [3.63, 3.8) is 0 Å². The van der Waals surface area contributed by atoms with Crippen LogP contribution in [0.4, 0.5) is 5.69 Å². The number of nitrogens with zero attached hydrogens (tertiary/aromatic N) is 2. The first kappa shape index (κ1) is 18.5. The van der Waals surface area contributed by atoms with E-state index in [1.807, 2.05) is 24.3 Å². The lowest BCUT2D eigenvalue weighted by Gasteiger charge is -2.17. The van der Waals surface area contributed by atoms with Crippen molar-refractivity contribution in [1.82, 2.24) is 9.62 Å². The van der Waals surface area contributed by atoms with Crippen LogP contribution in [0.5, 0.6) is 0 Å². The number of para-hydroxylation sites is 1. The molecule has 0 spiro atoms. The molecule has 0 aliphatic carbocycles. The van der Waals surface area contributed by atoms with Gasteiger partial charge in [0.15, 0.2) is 4.90 Å². The van der Waals surface area contributed by atoms with E-state index in [1.165, 1.54) is 37.1 Å². The number of nitrogens with one attached hydrogen (secondary N) is 1. The van der Waals surface area contributed by atoms with Crippen molar-refractivity contribution in [2.75, 3.05) is 13.1 Å². The average Bonchev–Trinajstić information content (AvgIpc) is 3.14. The Hall–Kier alpha value is -2.29. The molecule has 0 atom stereocenters. The van der Waals surface area contributed by atoms with Crippen molar-refractivity contribution in [3.8, 4) is 0 Å². The van der Waals surface area contributed by atoms with Crippen molar-refractivity contribution < 1.29 is 13.3 Å². The van der Waals surface area contributed by atoms with Gasteiger partial charge < -0.3 is 0 Å². The molecule has 2 aromatic rings. The summed E-state index contributed by atoms with van der Waals surface area (Å²) in [6, 6.07) is 13.0. The summed E-state index contributed by atoms with van der Waals surface area (Å²) in [6.07, 6.45) is 2.37. The SMILES string of the molecule is O=[N+]([O-])c1ccccc1S(=O)(=O)NCc1ccccc1CN1CCCC1. The van der Waals surface area contributed by atoms with Crippen LogP contribution in [0.1, 0.15) is 24.0 Å². The van der Waals surface area contributed by atoms with Gasteiger partial charge in [-0.3, -0.25) is 15.0 Å². The van der Waals surface area contributed by atoms with Crippen LogP contribution in [0.15, 0.2) is 53.4 Å². The molecule has 0 amide bonds. The summed E-state index contributed by atoms with van der Waals surface area (Å²) in [7, 11) is -3.98. The minimum absolute atomic E-state index is 0.0956. The molecule has 1 fully saturated rings. The highest BCUT2D eigenvalue weighted by molar-refractivity contribution is 7.89. The third-order valence-corrected chi connectivity index (χ3v) is 5.96. The van der Waals surface area contributed by atoms with Gasteiger partial charge in [-0.25, -0.2) is 13.1 Å². The smallest absolute Gasteiger partial charge is 0.289 e. The maximum atomic E-state index is 12.6. The number of nitro benzene ring substituents is 1. The number of hydrogen-bond acceptors (Lipinski definition) is 5. The van der Waals surface area contributed by atoms with Gasteiger partial charge in [-0.2, -0.15) is 0 Å². The zero-order valence-electron chi connectivity index (χ0n) is 14.3. The first-order valence-corrected chi connectivity index (χ1v) is 9.98. The second-order valence-corrected chi connectivity index (χ2v) is 8.04. The van der Waals surface area contributed by atoms with Gasteiger partial charge in [0.25, 0.3) is 5.69 Å². The standard InChI is InChI=1S/C18H21N3O4S/c22-21(23)17-9-3-4-10-18(17)26(24,25)19-13-15-7-1-2-8-16(15)14-20-11-5-6-12-20/h1-4,7-10,19H,5-6,11-14H2. The molecule has 0 bridgehead atoms. The Balaban J connectivity index is 1.77. The fourth-order valence-corrected chi connectivity index (χ4v) is 4.33. The van der Waals surface area contributed by atoms with Crippen molar-refractivity contribution in [2.24, 2.45) is 0 Å². The first-order valence-electron chi connectivity index (χ1n) is 8.49. The van der Waals surface area contributed by atoms with Crippen molar-refractivity contribution in [1.29, 1.82) is 0 Å². The highest BCUT2D eigenvalue weighted by Crippen LogP contribution is 2.23. The Labute approximate surface area is 152 Å². The Morgan fingerprint density at radius 3 is 2.31 bits per heavy atom. The molecule has 1 heterocycles. The third-order valence-electron chi connectivity index (χ3n) is 4.52. The van der Waals surface area contributed by atoms with Crippen LogP contribution in [0.25, 0.3) is 0 Å². The van der Waals surface area contributed by atoms with E-state index >= 15 is 0 Å². The van der Waals surface area contributed by atoms with Gasteiger partial charge in [-0.05, 0) is 43.1 Å². The molecule has 138 valence electrons. The monoisotopic (exact) mass is 375 g/mol. The van der Waals surface area contributed by atoms with E-state index < -0.39 is 20.6 Å². The van der Waals surface area contributed by atoms with E-state index in [1.54, 1.807) is 0 Å². The summed E-state index contributed by atoms with van der Waals surface area (Å²) < 4.78 is 27.6. The zero-order chi connectivity index (χ0) is 18.6. The number of benzene rings is 2. The van der Waals surface area contributed by atoms with Gasteiger partial charge in [0, 0.05) is 19.2 Å². The van der Waals surface area contributed by atoms with Gasteiger partial charge in [-0.1, -0.05) is 36.4 Å². The zero-order valence-corrected chi connectivity index (χ0v) is 15.1. The molecule has 0 radical (unpaired) electrons. The highest BCUT2D eigenvalue weighted by Gasteiger charge is 2.25. The molecule has 0 aromatic heterocycles. The van der Waals surface area contributed by atoms with Crippen LogP contribution in [0, 0.1) is 10.1 Å². The second-order valence-electron chi connectivity index (χ2n) is 6.30. The Kier molecular flexibility index (Phi) is 5.65. The fourth-order valence-electron chi connectivity index (χ4n) is 3.15. The van der Waals surface area contributed by atoms with Crippen LogP contribution >= 0.6 is 0 Å². The molecule has 1 saturated heterocycles. The predicted molar refractivity (Wildman–Crippen MR) is 98.1 cm³/mol. The molecule has 7 nitrogen and oxygen atoms in total. The molecule has 8 heteroatoms. The van der Waals surface area contributed by atoms with Crippen LogP contribution in [-0.2, 0) is 23.1 Å². The van der Waals surface area contributed by atoms with E-state index in [4.69, 9.17) is 0 Å². The molecule has 1 N–H and O–H groups in total. The number of nitro groups is 1. The second kappa shape index (κ2) is 7.94. The fraction of sp³-hybridized carbons (Fsp3) is 0.333. The summed E-state index contributed by atoms with van der Waals surface area (Å²) in [4.78, 5) is 12.4. The first-order chi connectivity index (χ1) is 12.5. The van der Waals surface area contributed by atoms with E-state index in [2.05, 4.69) is 9.62 Å². The van der Waals surface area contributed by atoms with Crippen molar-refractivity contribution in [2.45, 2.75) is 30.8 Å². The minimum atomic E-state index is -3.98. The summed E-state index contributed by atoms with van der Waals surface area (Å²) in [5.41, 5.74) is 1.52. The van der Waals surface area contributed by atoms with E-state index in [-0.39, 0.29) is 11.4 Å². The van der Waals surface area contributed by atoms with Crippen LogP contribution in [-0.4, -0.2) is 31.3 Å². The van der Waals surface area contributed by atoms with Gasteiger partial charge in [-0.15, -0.1) is 0 Å². The number of sulfonamides is 1. The summed E-state index contributed by atoms with van der Waals surface area (Å²) in [5, 5.41) is 11.1. The van der Waals surface area contributed by atoms with Crippen molar-refractivity contribution in [3.05, 3.63) is 69.8 Å². The van der Waals surface area contributed by atoms with Gasteiger partial charge in [0.1, 0.15) is 0 Å². The molecule has 1 aliphatic heterocycles. The van der Waals surface area contributed by atoms with E-state index in [9.17, 15) is 18.5 Å². The topological polar surface area (TPSA) is 92.5 Å². The number of hydrogen-bond donors (Lipinski definition) is 1. The largest absolute Gasteiger partial charge is 0.299 e. The summed E-state index contributed by atoms with van der Waals surface area (Å²) >= 11 is 0. The number of likely N-dealkylation sites (tertiary alicyclic amines) is 1. The van der Waals surface area contributed by atoms with Gasteiger partial charge in [0.05, 0.1) is 4.92 Å². The summed E-state index contributed by atoms with van der Waals surface area (Å²) in [6.45, 7) is 2.98. The van der Waals surface area contributed by atoms with Gasteiger partial charge in [0.2, 0.25) is 10.0 Å². The Bertz CT molecular complexity index is 893. The highest BCUT2D eigenvalue weighted by atomic mass is 32.2. The Morgan fingerprint density at radius 1 is 1.00 bits per heavy atom. The lowest BCUT2D eigenvalue weighted by molar-refractivity contribution is -0.387. The van der Waals surface area contributed by atoms with Crippen LogP contribution < -0.4 is 4.72 Å². The molecule has 3 rings (SSSR count). The molecule has 0 unspecified atom stereocenters. The third kappa shape index (κ3) is 4.27. The van der Waals surface area contributed by atoms with Crippen LogP contribution in [0.2, 0.25) is 0 Å². The Morgan fingerprint density at radius 2 is 1.62 bits per heavy atom. The maximum absolute atomic E-state index is 12.6. The van der Waals surface area contributed by atoms with E-state index in [0.717, 1.165) is 30.8 Å². The summed E-state index contributed by atoms with van der Waals surface area (Å²) in [5.74, 6) is 0. The molecular formula is C18H21N3O4S. The molecule has 2 aromatic carbocycles. The number of rotatable bonds is 7. The van der Waals surface area contributed by atoms with Crippen molar-refractivity contribution >= 4 is 15.7 Å². The molecular weight excluding hydrogens is 354 g/mol. The quantitative estimate of drug-likeness (QED) is 0.593. The average molecular weight is 375 g/mol. The lowest BCUT2D eigenvalue weighted by atomic mass is 10.1. The molecule has 0 saturated carbocycles. The van der Waals surface area contributed by atoms with Crippen LogP contribution in [0.3, 0.4) is 0 Å². The maximum Gasteiger partial charge on any atom is 0.289 e. The minimum Gasteiger partial charge on any atom is -0.299 e. The predicted octanol–water partition coefficient (Wildman–Crippen LogP) is 2.67. The van der Waals surface area contributed by atoms with E-state index in [0.29, 0.717) is 0 Å².